The minimum absolute atomic E-state index is 0.490. The van der Waals surface area contributed by atoms with Crippen molar-refractivity contribution >= 4 is 0 Å². The number of rotatable bonds is 8. The monoisotopic (exact) mass is 518 g/mol. The average molecular weight is 518 g/mol. The minimum atomic E-state index is -1.77. The maximum Gasteiger partial charge on any atom is 0.186 e. The maximum atomic E-state index is 10.3. The van der Waals surface area contributed by atoms with Crippen molar-refractivity contribution < 1.29 is 79.5 Å². The molecule has 16 nitrogen and oxygen atoms in total. The molecule has 0 aromatic heterocycles. The van der Waals surface area contributed by atoms with Gasteiger partial charge in [0.2, 0.25) is 0 Å². The molecule has 0 aromatic rings. The van der Waals surface area contributed by atoms with Crippen LogP contribution in [0.25, 0.3) is 0 Å². The lowest BCUT2D eigenvalue weighted by molar-refractivity contribution is -0.341. The lowest BCUT2D eigenvalue weighted by Gasteiger charge is -2.43. The molecule has 0 saturated carbocycles. The minimum Gasteiger partial charge on any atom is -0.394 e. The summed E-state index contributed by atoms with van der Waals surface area (Å²) < 4.78 is 31.6. The lowest BCUT2D eigenvalue weighted by Crippen LogP contribution is -2.62. The van der Waals surface area contributed by atoms with E-state index in [0.29, 0.717) is 0 Å². The van der Waals surface area contributed by atoms with Crippen molar-refractivity contribution in [2.24, 2.45) is 0 Å². The lowest BCUT2D eigenvalue weighted by atomic mass is 9.98. The van der Waals surface area contributed by atoms with Crippen molar-refractivity contribution in [2.45, 2.75) is 92.1 Å². The molecule has 0 amide bonds. The third-order valence-electron chi connectivity index (χ3n) is 6.27. The van der Waals surface area contributed by atoms with Crippen LogP contribution in [0, 0.1) is 0 Å². The van der Waals surface area contributed by atoms with Gasteiger partial charge in [0, 0.05) is 7.11 Å². The van der Waals surface area contributed by atoms with Gasteiger partial charge in [0.25, 0.3) is 0 Å². The largest absolute Gasteiger partial charge is 0.394 e. The maximum absolute atomic E-state index is 10.3. The van der Waals surface area contributed by atoms with Gasteiger partial charge < -0.3 is 79.5 Å². The molecule has 15 atom stereocenters. The molecule has 0 spiro atoms. The summed E-state index contributed by atoms with van der Waals surface area (Å²) in [4.78, 5) is 0. The predicted octanol–water partition coefficient (Wildman–Crippen LogP) is -6.92. The molecule has 3 heterocycles. The van der Waals surface area contributed by atoms with Crippen LogP contribution in [0.3, 0.4) is 0 Å². The van der Waals surface area contributed by atoms with Crippen LogP contribution in [-0.2, 0) is 28.4 Å². The molecule has 3 saturated heterocycles. The Hall–Kier alpha value is -0.640. The SMILES string of the molecule is CO[C@H]1O[C@H](CO[C@H]2O[C@H](CO[C@H]3O[C@H](CO)[C@@H](O)[C@H](O)C3O)[C@@H](O)[C@H](O)[C@H]2O)[C@@H](O)[C@H](O)[C@H]1O. The Morgan fingerprint density at radius 3 is 1.23 bits per heavy atom. The van der Waals surface area contributed by atoms with Gasteiger partial charge in [-0.05, 0) is 0 Å². The Labute approximate surface area is 199 Å². The molecule has 0 bridgehead atoms. The zero-order valence-electron chi connectivity index (χ0n) is 18.7. The summed E-state index contributed by atoms with van der Waals surface area (Å²) >= 11 is 0. The second kappa shape index (κ2) is 12.3. The van der Waals surface area contributed by atoms with E-state index in [9.17, 15) is 51.1 Å². The normalized spacial score (nSPS) is 51.3. The van der Waals surface area contributed by atoms with Crippen LogP contribution in [0.15, 0.2) is 0 Å². The number of methoxy groups -OCH3 is 1. The molecule has 0 radical (unpaired) electrons. The van der Waals surface area contributed by atoms with Crippen molar-refractivity contribution in [3.63, 3.8) is 0 Å². The molecule has 35 heavy (non-hydrogen) atoms. The Kier molecular flexibility index (Phi) is 10.1. The predicted molar refractivity (Wildman–Crippen MR) is 106 cm³/mol. The fourth-order valence-corrected chi connectivity index (χ4v) is 4.03. The number of hydrogen-bond donors (Lipinski definition) is 10. The van der Waals surface area contributed by atoms with E-state index in [1.165, 1.54) is 7.11 Å². The van der Waals surface area contributed by atoms with Crippen LogP contribution in [0.4, 0.5) is 0 Å². The van der Waals surface area contributed by atoms with Gasteiger partial charge in [0.05, 0.1) is 19.8 Å². The molecule has 0 aliphatic carbocycles. The summed E-state index contributed by atoms with van der Waals surface area (Å²) in [7, 11) is 1.21. The number of ether oxygens (including phenoxy) is 6. The molecule has 3 fully saturated rings. The zero-order valence-corrected chi connectivity index (χ0v) is 18.7. The second-order valence-corrected chi connectivity index (χ2v) is 8.63. The average Bonchev–Trinajstić information content (AvgIpc) is 2.85. The van der Waals surface area contributed by atoms with Gasteiger partial charge in [0.1, 0.15) is 73.2 Å². The van der Waals surface area contributed by atoms with Crippen molar-refractivity contribution in [3.8, 4) is 0 Å². The van der Waals surface area contributed by atoms with Gasteiger partial charge in [-0.25, -0.2) is 0 Å². The summed E-state index contributed by atoms with van der Waals surface area (Å²) in [5.74, 6) is 0. The zero-order chi connectivity index (χ0) is 26.0. The molecular formula is C19H34O16. The van der Waals surface area contributed by atoms with E-state index in [0.717, 1.165) is 0 Å². The van der Waals surface area contributed by atoms with Crippen molar-refractivity contribution in [3.05, 3.63) is 0 Å². The molecule has 0 aromatic carbocycles. The van der Waals surface area contributed by atoms with Crippen LogP contribution in [0.2, 0.25) is 0 Å². The molecule has 16 heteroatoms. The van der Waals surface area contributed by atoms with Crippen LogP contribution >= 0.6 is 0 Å². The van der Waals surface area contributed by atoms with Crippen LogP contribution in [-0.4, -0.2) is 170 Å². The van der Waals surface area contributed by atoms with Crippen LogP contribution in [0.1, 0.15) is 0 Å². The highest BCUT2D eigenvalue weighted by Crippen LogP contribution is 2.27. The van der Waals surface area contributed by atoms with Crippen molar-refractivity contribution in [1.82, 2.24) is 0 Å². The topological polar surface area (TPSA) is 258 Å². The van der Waals surface area contributed by atoms with Gasteiger partial charge in [-0.15, -0.1) is 0 Å². The van der Waals surface area contributed by atoms with Gasteiger partial charge in [-0.1, -0.05) is 0 Å². The number of hydrogen-bond acceptors (Lipinski definition) is 16. The Balaban J connectivity index is 1.59. The first-order valence-electron chi connectivity index (χ1n) is 11.0. The molecule has 3 aliphatic rings. The highest BCUT2D eigenvalue weighted by atomic mass is 16.7. The fourth-order valence-electron chi connectivity index (χ4n) is 4.03. The van der Waals surface area contributed by atoms with E-state index in [1.807, 2.05) is 0 Å². The summed E-state index contributed by atoms with van der Waals surface area (Å²) in [5.41, 5.74) is 0. The Morgan fingerprint density at radius 1 is 0.486 bits per heavy atom. The first-order valence-corrected chi connectivity index (χ1v) is 11.0. The Bertz CT molecular complexity index is 600. The second-order valence-electron chi connectivity index (χ2n) is 8.63. The molecule has 206 valence electrons. The first kappa shape index (κ1) is 28.9. The third-order valence-corrected chi connectivity index (χ3v) is 6.27. The van der Waals surface area contributed by atoms with E-state index in [4.69, 9.17) is 28.4 Å². The van der Waals surface area contributed by atoms with Crippen molar-refractivity contribution in [2.75, 3.05) is 26.9 Å². The summed E-state index contributed by atoms with van der Waals surface area (Å²) in [6, 6.07) is 0. The van der Waals surface area contributed by atoms with E-state index in [2.05, 4.69) is 0 Å². The van der Waals surface area contributed by atoms with Gasteiger partial charge in [-0.2, -0.15) is 0 Å². The first-order chi connectivity index (χ1) is 16.5. The molecule has 3 aliphatic heterocycles. The summed E-state index contributed by atoms with van der Waals surface area (Å²) in [5, 5.41) is 99.5. The number of aliphatic hydroxyl groups is 10. The van der Waals surface area contributed by atoms with Crippen LogP contribution < -0.4 is 0 Å². The smallest absolute Gasteiger partial charge is 0.186 e. The standard InChI is InChI=1S/C19H34O16/c1-30-17-14(27)12(25)9(22)6(34-17)3-32-19-16(29)13(26)10(23)7(35-19)4-31-18-15(28)11(24)8(21)5(2-20)33-18/h5-29H,2-4H2,1H3/t5-,6-,7-,8-,9-,10-,11+,12+,13+,14-,15?,16-,17+,18+,19+/m1/s1. The summed E-state index contributed by atoms with van der Waals surface area (Å²) in [6.07, 6.45) is -23.1. The highest BCUT2D eigenvalue weighted by molar-refractivity contribution is 4.93. The van der Waals surface area contributed by atoms with Crippen LogP contribution in [0.5, 0.6) is 0 Å². The van der Waals surface area contributed by atoms with E-state index in [-0.39, 0.29) is 0 Å². The quantitative estimate of drug-likeness (QED) is 0.143. The van der Waals surface area contributed by atoms with E-state index in [1.54, 1.807) is 0 Å². The van der Waals surface area contributed by atoms with Crippen molar-refractivity contribution in [1.29, 1.82) is 0 Å². The Morgan fingerprint density at radius 2 is 0.829 bits per heavy atom. The molecule has 3 rings (SSSR count). The fraction of sp³-hybridized carbons (Fsp3) is 1.00. The van der Waals surface area contributed by atoms with E-state index < -0.39 is 112 Å². The van der Waals surface area contributed by atoms with Gasteiger partial charge in [0.15, 0.2) is 18.9 Å². The van der Waals surface area contributed by atoms with E-state index >= 15 is 0 Å². The summed E-state index contributed by atoms with van der Waals surface area (Å²) in [6.45, 7) is -1.72. The van der Waals surface area contributed by atoms with Gasteiger partial charge in [-0.3, -0.25) is 0 Å². The van der Waals surface area contributed by atoms with Gasteiger partial charge >= 0.3 is 0 Å². The third kappa shape index (κ3) is 6.10. The number of aliphatic hydroxyl groups excluding tert-OH is 10. The molecular weight excluding hydrogens is 484 g/mol. The highest BCUT2D eigenvalue weighted by Gasteiger charge is 2.49. The molecule has 10 N–H and O–H groups in total. The molecule has 1 unspecified atom stereocenters.